The zero-order valence-electron chi connectivity index (χ0n) is 14.7. The highest BCUT2D eigenvalue weighted by Gasteiger charge is 2.08. The molecule has 0 aliphatic rings. The van der Waals surface area contributed by atoms with Gasteiger partial charge in [0.15, 0.2) is 0 Å². The number of halogens is 1. The van der Waals surface area contributed by atoms with Gasteiger partial charge in [0, 0.05) is 29.2 Å². The van der Waals surface area contributed by atoms with E-state index in [1.165, 1.54) is 0 Å². The molecule has 2 rings (SSSR count). The lowest BCUT2D eigenvalue weighted by atomic mass is 10.1. The number of H-pyrrole nitrogens is 1. The van der Waals surface area contributed by atoms with Crippen molar-refractivity contribution in [2.24, 2.45) is 0 Å². The van der Waals surface area contributed by atoms with Gasteiger partial charge in [0.25, 0.3) is 5.56 Å². The van der Waals surface area contributed by atoms with Gasteiger partial charge in [0.1, 0.15) is 5.75 Å². The largest absolute Gasteiger partial charge is 0.494 e. The highest BCUT2D eigenvalue weighted by atomic mass is 35.5. The summed E-state index contributed by atoms with van der Waals surface area (Å²) in [6.45, 7) is 6.29. The number of aryl methyl sites for hydroxylation is 3. The summed E-state index contributed by atoms with van der Waals surface area (Å²) in [6.07, 6.45) is 0.937. The molecule has 0 saturated heterocycles. The van der Waals surface area contributed by atoms with E-state index in [4.69, 9.17) is 16.3 Å². The standard InChI is InChI=1S/C19H23ClN2O3/c1-12-9-14(3)22-19(24)16(12)11-21-18(23)5-4-8-25-15-6-7-17(20)13(2)10-15/h6-7,9-10H,4-5,8,11H2,1-3H3,(H,21,23)(H,22,24). The van der Waals surface area contributed by atoms with Crippen LogP contribution in [0.1, 0.15) is 35.2 Å². The zero-order chi connectivity index (χ0) is 18.4. The maximum atomic E-state index is 11.9. The van der Waals surface area contributed by atoms with Crippen LogP contribution in [-0.4, -0.2) is 17.5 Å². The van der Waals surface area contributed by atoms with Crippen LogP contribution in [0.5, 0.6) is 5.75 Å². The molecule has 0 atom stereocenters. The number of aromatic nitrogens is 1. The topological polar surface area (TPSA) is 71.2 Å². The Hall–Kier alpha value is -2.27. The summed E-state index contributed by atoms with van der Waals surface area (Å²) in [5.74, 6) is 0.638. The second kappa shape index (κ2) is 8.72. The molecular weight excluding hydrogens is 340 g/mol. The Kier molecular flexibility index (Phi) is 6.65. The number of amides is 1. The monoisotopic (exact) mass is 362 g/mol. The molecule has 1 amide bonds. The van der Waals surface area contributed by atoms with E-state index in [1.54, 1.807) is 6.07 Å². The molecule has 0 aliphatic carbocycles. The number of carbonyl (C=O) groups excluding carboxylic acids is 1. The summed E-state index contributed by atoms with van der Waals surface area (Å²) in [5.41, 5.74) is 3.08. The van der Waals surface area contributed by atoms with Gasteiger partial charge in [0.2, 0.25) is 5.91 Å². The highest BCUT2D eigenvalue weighted by molar-refractivity contribution is 6.31. The van der Waals surface area contributed by atoms with Crippen LogP contribution in [0.2, 0.25) is 5.02 Å². The summed E-state index contributed by atoms with van der Waals surface area (Å²) < 4.78 is 5.61. The third-order valence-electron chi connectivity index (χ3n) is 3.90. The minimum Gasteiger partial charge on any atom is -0.494 e. The van der Waals surface area contributed by atoms with E-state index < -0.39 is 0 Å². The first-order valence-electron chi connectivity index (χ1n) is 8.22. The SMILES string of the molecule is Cc1cc(C)c(CNC(=O)CCCOc2ccc(Cl)c(C)c2)c(=O)[nH]1. The van der Waals surface area contributed by atoms with Gasteiger partial charge in [-0.2, -0.15) is 0 Å². The molecule has 5 nitrogen and oxygen atoms in total. The van der Waals surface area contributed by atoms with Gasteiger partial charge in [-0.1, -0.05) is 11.6 Å². The summed E-state index contributed by atoms with van der Waals surface area (Å²) in [4.78, 5) is 26.6. The Balaban J connectivity index is 1.74. The lowest BCUT2D eigenvalue weighted by Gasteiger charge is -2.09. The Bertz CT molecular complexity index is 815. The van der Waals surface area contributed by atoms with Crippen molar-refractivity contribution in [1.82, 2.24) is 10.3 Å². The minimum atomic E-state index is -0.153. The third kappa shape index (κ3) is 5.64. The highest BCUT2D eigenvalue weighted by Crippen LogP contribution is 2.21. The van der Waals surface area contributed by atoms with E-state index >= 15 is 0 Å². The molecule has 0 radical (unpaired) electrons. The van der Waals surface area contributed by atoms with Crippen LogP contribution in [-0.2, 0) is 11.3 Å². The van der Waals surface area contributed by atoms with Crippen LogP contribution in [0.25, 0.3) is 0 Å². The fraction of sp³-hybridized carbons (Fsp3) is 0.368. The number of nitrogens with one attached hydrogen (secondary N) is 2. The van der Waals surface area contributed by atoms with Crippen molar-refractivity contribution in [3.8, 4) is 5.75 Å². The molecule has 0 saturated carbocycles. The first-order chi connectivity index (χ1) is 11.9. The smallest absolute Gasteiger partial charge is 0.253 e. The molecule has 6 heteroatoms. The van der Waals surface area contributed by atoms with Crippen LogP contribution in [0, 0.1) is 20.8 Å². The fourth-order valence-corrected chi connectivity index (χ4v) is 2.62. The number of rotatable bonds is 7. The van der Waals surface area contributed by atoms with Crippen molar-refractivity contribution < 1.29 is 9.53 Å². The van der Waals surface area contributed by atoms with E-state index in [0.29, 0.717) is 30.0 Å². The number of aromatic amines is 1. The number of ether oxygens (including phenoxy) is 1. The van der Waals surface area contributed by atoms with Crippen LogP contribution in [0.15, 0.2) is 29.1 Å². The second-order valence-electron chi connectivity index (χ2n) is 6.08. The van der Waals surface area contributed by atoms with Gasteiger partial charge in [-0.3, -0.25) is 9.59 Å². The van der Waals surface area contributed by atoms with E-state index in [9.17, 15) is 9.59 Å². The van der Waals surface area contributed by atoms with Crippen LogP contribution < -0.4 is 15.6 Å². The molecule has 1 heterocycles. The van der Waals surface area contributed by atoms with E-state index in [2.05, 4.69) is 10.3 Å². The molecule has 0 spiro atoms. The number of carbonyl (C=O) groups is 1. The predicted octanol–water partition coefficient (Wildman–Crippen LogP) is 3.43. The van der Waals surface area contributed by atoms with Crippen molar-refractivity contribution in [2.75, 3.05) is 6.61 Å². The number of hydrogen-bond donors (Lipinski definition) is 2. The van der Waals surface area contributed by atoms with Gasteiger partial charge in [-0.05, 0) is 62.6 Å². The molecule has 0 aliphatic heterocycles. The van der Waals surface area contributed by atoms with E-state index in [-0.39, 0.29) is 18.0 Å². The predicted molar refractivity (Wildman–Crippen MR) is 99.3 cm³/mol. The van der Waals surface area contributed by atoms with E-state index in [1.807, 2.05) is 39.0 Å². The average molecular weight is 363 g/mol. The van der Waals surface area contributed by atoms with Gasteiger partial charge in [-0.25, -0.2) is 0 Å². The summed E-state index contributed by atoms with van der Waals surface area (Å²) in [6, 6.07) is 7.36. The minimum absolute atomic E-state index is 0.102. The lowest BCUT2D eigenvalue weighted by Crippen LogP contribution is -2.28. The average Bonchev–Trinajstić information content (AvgIpc) is 2.53. The molecule has 2 aromatic rings. The Morgan fingerprint density at radius 1 is 1.20 bits per heavy atom. The van der Waals surface area contributed by atoms with Crippen LogP contribution in [0.4, 0.5) is 0 Å². The molecule has 25 heavy (non-hydrogen) atoms. The number of benzene rings is 1. The van der Waals surface area contributed by atoms with Crippen molar-refractivity contribution in [3.05, 3.63) is 62.0 Å². The number of hydrogen-bond acceptors (Lipinski definition) is 3. The summed E-state index contributed by atoms with van der Waals surface area (Å²) >= 11 is 5.97. The van der Waals surface area contributed by atoms with Crippen LogP contribution in [0.3, 0.4) is 0 Å². The van der Waals surface area contributed by atoms with Gasteiger partial charge < -0.3 is 15.0 Å². The fourth-order valence-electron chi connectivity index (χ4n) is 2.51. The molecule has 2 N–H and O–H groups in total. The lowest BCUT2D eigenvalue weighted by molar-refractivity contribution is -0.121. The van der Waals surface area contributed by atoms with Crippen molar-refractivity contribution in [1.29, 1.82) is 0 Å². The second-order valence-corrected chi connectivity index (χ2v) is 6.49. The maximum Gasteiger partial charge on any atom is 0.253 e. The normalized spacial score (nSPS) is 10.6. The molecule has 0 fully saturated rings. The molecule has 1 aromatic heterocycles. The maximum absolute atomic E-state index is 11.9. The summed E-state index contributed by atoms with van der Waals surface area (Å²) in [5, 5.41) is 3.49. The van der Waals surface area contributed by atoms with Crippen molar-refractivity contribution in [3.63, 3.8) is 0 Å². The molecule has 0 unspecified atom stereocenters. The van der Waals surface area contributed by atoms with Gasteiger partial charge in [-0.15, -0.1) is 0 Å². The van der Waals surface area contributed by atoms with Crippen molar-refractivity contribution in [2.45, 2.75) is 40.2 Å². The Morgan fingerprint density at radius 2 is 1.96 bits per heavy atom. The first kappa shape index (κ1) is 19.1. The molecule has 0 bridgehead atoms. The number of pyridine rings is 1. The van der Waals surface area contributed by atoms with Crippen LogP contribution >= 0.6 is 11.6 Å². The first-order valence-corrected chi connectivity index (χ1v) is 8.59. The van der Waals surface area contributed by atoms with E-state index in [0.717, 1.165) is 22.6 Å². The molecular formula is C19H23ClN2O3. The van der Waals surface area contributed by atoms with Gasteiger partial charge in [0.05, 0.1) is 6.61 Å². The van der Waals surface area contributed by atoms with Gasteiger partial charge >= 0.3 is 0 Å². The Morgan fingerprint density at radius 3 is 2.64 bits per heavy atom. The molecule has 134 valence electrons. The summed E-state index contributed by atoms with van der Waals surface area (Å²) in [7, 11) is 0. The van der Waals surface area contributed by atoms with Crippen molar-refractivity contribution >= 4 is 17.5 Å². The Labute approximate surface area is 152 Å². The third-order valence-corrected chi connectivity index (χ3v) is 4.33. The quantitative estimate of drug-likeness (QED) is 0.741. The zero-order valence-corrected chi connectivity index (χ0v) is 15.5. The molecule has 1 aromatic carbocycles.